The van der Waals surface area contributed by atoms with Gasteiger partial charge in [-0.2, -0.15) is 0 Å². The van der Waals surface area contributed by atoms with Crippen molar-refractivity contribution in [3.8, 4) is 5.75 Å². The molecule has 1 aliphatic heterocycles. The summed E-state index contributed by atoms with van der Waals surface area (Å²) < 4.78 is 7.40. The second-order valence-corrected chi connectivity index (χ2v) is 9.68. The number of carbonyl (C=O) groups is 2. The van der Waals surface area contributed by atoms with Crippen LogP contribution in [0.15, 0.2) is 42.5 Å². The zero-order valence-electron chi connectivity index (χ0n) is 19.8. The van der Waals surface area contributed by atoms with Crippen molar-refractivity contribution in [1.82, 2.24) is 9.88 Å². The fourth-order valence-corrected chi connectivity index (χ4v) is 5.28. The minimum absolute atomic E-state index is 0.101. The standard InChI is InChI=1S/C27H31N3O3/c1-17-9-11-21(13-18(17)2)30-25(31)24-14-19-10-12-22(33-4)15-23(19)29(24)16-27(30,3)26(32)28-20-7-5-6-8-20/h9-15,20H,5-8,16H2,1-4H3,(H,28,32)/t27-/m0/s1. The summed E-state index contributed by atoms with van der Waals surface area (Å²) >= 11 is 0. The van der Waals surface area contributed by atoms with E-state index in [1.54, 1.807) is 12.0 Å². The summed E-state index contributed by atoms with van der Waals surface area (Å²) in [5, 5.41) is 4.22. The van der Waals surface area contributed by atoms with Gasteiger partial charge in [0.15, 0.2) is 0 Å². The number of anilines is 1. The van der Waals surface area contributed by atoms with Gasteiger partial charge >= 0.3 is 0 Å². The molecule has 33 heavy (non-hydrogen) atoms. The third-order valence-electron chi connectivity index (χ3n) is 7.42. The first-order valence-corrected chi connectivity index (χ1v) is 11.7. The van der Waals surface area contributed by atoms with E-state index in [4.69, 9.17) is 4.74 Å². The molecular weight excluding hydrogens is 414 g/mol. The van der Waals surface area contributed by atoms with Gasteiger partial charge in [0.05, 0.1) is 19.2 Å². The van der Waals surface area contributed by atoms with Crippen LogP contribution in [0.5, 0.6) is 5.75 Å². The second kappa shape index (κ2) is 7.94. The zero-order valence-corrected chi connectivity index (χ0v) is 19.8. The average molecular weight is 446 g/mol. The molecule has 1 aromatic heterocycles. The van der Waals surface area contributed by atoms with Crippen LogP contribution in [0.1, 0.15) is 54.2 Å². The number of amides is 2. The number of carbonyl (C=O) groups excluding carboxylic acids is 2. The fraction of sp³-hybridized carbons (Fsp3) is 0.407. The number of aromatic nitrogens is 1. The molecule has 172 valence electrons. The highest BCUT2D eigenvalue weighted by Crippen LogP contribution is 2.37. The van der Waals surface area contributed by atoms with Crippen molar-refractivity contribution in [3.63, 3.8) is 0 Å². The van der Waals surface area contributed by atoms with E-state index in [1.165, 1.54) is 0 Å². The topological polar surface area (TPSA) is 63.6 Å². The Balaban J connectivity index is 1.66. The van der Waals surface area contributed by atoms with Crippen LogP contribution in [0.3, 0.4) is 0 Å². The molecule has 6 heteroatoms. The Hall–Kier alpha value is -3.28. The number of hydrogen-bond acceptors (Lipinski definition) is 3. The molecule has 2 aliphatic rings. The van der Waals surface area contributed by atoms with Crippen molar-refractivity contribution in [2.75, 3.05) is 12.0 Å². The van der Waals surface area contributed by atoms with Crippen LogP contribution in [-0.4, -0.2) is 35.1 Å². The first kappa shape index (κ1) is 21.6. The van der Waals surface area contributed by atoms with Crippen LogP contribution < -0.4 is 15.0 Å². The molecule has 2 amide bonds. The fourth-order valence-electron chi connectivity index (χ4n) is 5.28. The smallest absolute Gasteiger partial charge is 0.275 e. The third kappa shape index (κ3) is 3.48. The summed E-state index contributed by atoms with van der Waals surface area (Å²) in [6, 6.07) is 13.9. The van der Waals surface area contributed by atoms with Gasteiger partial charge < -0.3 is 14.6 Å². The van der Waals surface area contributed by atoms with E-state index in [0.717, 1.165) is 59.2 Å². The summed E-state index contributed by atoms with van der Waals surface area (Å²) in [7, 11) is 1.63. The SMILES string of the molecule is COc1ccc2cc3n(c2c1)C[C@@](C)(C(=O)NC1CCCC1)N(c1ccc(C)c(C)c1)C3=O. The number of methoxy groups -OCH3 is 1. The normalized spacial score (nSPS) is 20.8. The number of hydrogen-bond donors (Lipinski definition) is 1. The predicted molar refractivity (Wildman–Crippen MR) is 130 cm³/mol. The van der Waals surface area contributed by atoms with E-state index in [9.17, 15) is 9.59 Å². The molecule has 3 aromatic rings. The van der Waals surface area contributed by atoms with Gasteiger partial charge in [0, 0.05) is 23.2 Å². The number of fused-ring (bicyclic) bond motifs is 3. The van der Waals surface area contributed by atoms with Gasteiger partial charge in [-0.1, -0.05) is 18.9 Å². The summed E-state index contributed by atoms with van der Waals surface area (Å²) in [6.45, 7) is 6.34. The number of nitrogens with zero attached hydrogens (tertiary/aromatic N) is 2. The van der Waals surface area contributed by atoms with Crippen molar-refractivity contribution < 1.29 is 14.3 Å². The van der Waals surface area contributed by atoms with Crippen LogP contribution in [-0.2, 0) is 11.3 Å². The van der Waals surface area contributed by atoms with Gasteiger partial charge in [-0.15, -0.1) is 0 Å². The Morgan fingerprint density at radius 2 is 1.82 bits per heavy atom. The highest BCUT2D eigenvalue weighted by molar-refractivity contribution is 6.14. The van der Waals surface area contributed by atoms with Gasteiger partial charge in [-0.05, 0) is 75.1 Å². The Bertz CT molecular complexity index is 1250. The van der Waals surface area contributed by atoms with E-state index < -0.39 is 5.54 Å². The lowest BCUT2D eigenvalue weighted by Gasteiger charge is -2.44. The average Bonchev–Trinajstić information content (AvgIpc) is 3.43. The summed E-state index contributed by atoms with van der Waals surface area (Å²) in [5.74, 6) is 0.463. The lowest BCUT2D eigenvalue weighted by Crippen LogP contribution is -2.65. The van der Waals surface area contributed by atoms with Crippen LogP contribution >= 0.6 is 0 Å². The minimum atomic E-state index is -1.07. The molecule has 0 bridgehead atoms. The Morgan fingerprint density at radius 3 is 2.52 bits per heavy atom. The zero-order chi connectivity index (χ0) is 23.3. The summed E-state index contributed by atoms with van der Waals surface area (Å²) in [6.07, 6.45) is 4.25. The molecule has 2 aromatic carbocycles. The lowest BCUT2D eigenvalue weighted by atomic mass is 9.92. The van der Waals surface area contributed by atoms with Gasteiger partial charge in [-0.25, -0.2) is 0 Å². The molecule has 1 fully saturated rings. The summed E-state index contributed by atoms with van der Waals surface area (Å²) in [4.78, 5) is 29.5. The first-order valence-electron chi connectivity index (χ1n) is 11.7. The maximum atomic E-state index is 14.0. The molecule has 0 unspecified atom stereocenters. The van der Waals surface area contributed by atoms with Gasteiger partial charge in [-0.3, -0.25) is 14.5 Å². The third-order valence-corrected chi connectivity index (χ3v) is 7.42. The molecule has 1 aliphatic carbocycles. The van der Waals surface area contributed by atoms with Gasteiger partial charge in [0.1, 0.15) is 17.0 Å². The molecule has 0 saturated heterocycles. The molecule has 5 rings (SSSR count). The second-order valence-electron chi connectivity index (χ2n) is 9.68. The van der Waals surface area contributed by atoms with E-state index in [0.29, 0.717) is 12.2 Å². The first-order chi connectivity index (χ1) is 15.8. The molecule has 0 spiro atoms. The van der Waals surface area contributed by atoms with Gasteiger partial charge in [0.2, 0.25) is 5.91 Å². The lowest BCUT2D eigenvalue weighted by molar-refractivity contribution is -0.127. The number of benzene rings is 2. The Labute approximate surface area is 194 Å². The van der Waals surface area contributed by atoms with E-state index in [2.05, 4.69) is 5.32 Å². The minimum Gasteiger partial charge on any atom is -0.497 e. The van der Waals surface area contributed by atoms with Crippen molar-refractivity contribution >= 4 is 28.4 Å². The maximum absolute atomic E-state index is 14.0. The maximum Gasteiger partial charge on any atom is 0.275 e. The highest BCUT2D eigenvalue weighted by atomic mass is 16.5. The highest BCUT2D eigenvalue weighted by Gasteiger charge is 2.49. The monoisotopic (exact) mass is 445 g/mol. The predicted octanol–water partition coefficient (Wildman–Crippen LogP) is 4.74. The molecule has 1 saturated carbocycles. The molecule has 6 nitrogen and oxygen atoms in total. The Kier molecular flexibility index (Phi) is 5.19. The molecule has 0 radical (unpaired) electrons. The van der Waals surface area contributed by atoms with E-state index in [-0.39, 0.29) is 17.9 Å². The molecule has 1 atom stereocenters. The summed E-state index contributed by atoms with van der Waals surface area (Å²) in [5.41, 5.74) is 3.42. The number of aryl methyl sites for hydroxylation is 2. The van der Waals surface area contributed by atoms with Crippen molar-refractivity contribution in [2.45, 2.75) is 64.6 Å². The largest absolute Gasteiger partial charge is 0.497 e. The number of rotatable bonds is 4. The molecule has 2 heterocycles. The quantitative estimate of drug-likeness (QED) is 0.631. The Morgan fingerprint density at radius 1 is 1.06 bits per heavy atom. The van der Waals surface area contributed by atoms with Crippen LogP contribution in [0.25, 0.3) is 10.9 Å². The van der Waals surface area contributed by atoms with Crippen LogP contribution in [0.4, 0.5) is 5.69 Å². The van der Waals surface area contributed by atoms with Crippen molar-refractivity contribution in [2.24, 2.45) is 0 Å². The molecule has 1 N–H and O–H groups in total. The van der Waals surface area contributed by atoms with E-state index >= 15 is 0 Å². The number of ether oxygens (including phenoxy) is 1. The van der Waals surface area contributed by atoms with E-state index in [1.807, 2.05) is 67.8 Å². The van der Waals surface area contributed by atoms with Crippen LogP contribution in [0, 0.1) is 13.8 Å². The van der Waals surface area contributed by atoms with Crippen molar-refractivity contribution in [1.29, 1.82) is 0 Å². The van der Waals surface area contributed by atoms with Gasteiger partial charge in [0.25, 0.3) is 5.91 Å². The van der Waals surface area contributed by atoms with Crippen LogP contribution in [0.2, 0.25) is 0 Å². The molecular formula is C27H31N3O3. The number of nitrogens with one attached hydrogen (secondary N) is 1. The van der Waals surface area contributed by atoms with Crippen molar-refractivity contribution in [3.05, 3.63) is 59.3 Å².